The van der Waals surface area contributed by atoms with Crippen LogP contribution in [0.15, 0.2) is 24.4 Å². The van der Waals surface area contributed by atoms with Crippen LogP contribution in [0.3, 0.4) is 0 Å². The van der Waals surface area contributed by atoms with Crippen LogP contribution in [0.2, 0.25) is 0 Å². The van der Waals surface area contributed by atoms with E-state index in [9.17, 15) is 4.79 Å². The summed E-state index contributed by atoms with van der Waals surface area (Å²) in [6, 6.07) is 5.81. The van der Waals surface area contributed by atoms with E-state index in [0.717, 1.165) is 42.5 Å². The van der Waals surface area contributed by atoms with Crippen LogP contribution >= 0.6 is 0 Å². The third-order valence-electron chi connectivity index (χ3n) is 4.60. The molecule has 2 aromatic rings. The lowest BCUT2D eigenvalue weighted by molar-refractivity contribution is -0.127. The number of aromatic amines is 1. The van der Waals surface area contributed by atoms with Gasteiger partial charge < -0.3 is 10.6 Å². The maximum atomic E-state index is 12.6. The molecule has 1 saturated heterocycles. The van der Waals surface area contributed by atoms with Gasteiger partial charge in [-0.25, -0.2) is 0 Å². The van der Waals surface area contributed by atoms with E-state index in [4.69, 9.17) is 0 Å². The summed E-state index contributed by atoms with van der Waals surface area (Å²) < 4.78 is 0. The van der Waals surface area contributed by atoms with Gasteiger partial charge in [0.2, 0.25) is 5.91 Å². The van der Waals surface area contributed by atoms with E-state index in [0.29, 0.717) is 5.92 Å². The van der Waals surface area contributed by atoms with Gasteiger partial charge in [0, 0.05) is 16.5 Å². The molecule has 1 aliphatic heterocycles. The highest BCUT2D eigenvalue weighted by atomic mass is 16.2. The average molecular weight is 286 g/mol. The van der Waals surface area contributed by atoms with Crippen molar-refractivity contribution < 1.29 is 4.79 Å². The Morgan fingerprint density at radius 1 is 1.43 bits per heavy atom. The topological polar surface area (TPSA) is 69.8 Å². The Kier molecular flexibility index (Phi) is 3.68. The van der Waals surface area contributed by atoms with Crippen molar-refractivity contribution in [3.63, 3.8) is 0 Å². The highest BCUT2D eigenvalue weighted by Gasteiger charge is 2.37. The molecule has 1 aliphatic rings. The fourth-order valence-electron chi connectivity index (χ4n) is 2.96. The van der Waals surface area contributed by atoms with Gasteiger partial charge in [0.25, 0.3) is 0 Å². The fraction of sp³-hybridized carbons (Fsp3) is 0.500. The first-order valence-corrected chi connectivity index (χ1v) is 7.52. The Morgan fingerprint density at radius 2 is 2.29 bits per heavy atom. The van der Waals surface area contributed by atoms with Gasteiger partial charge in [-0.15, -0.1) is 0 Å². The largest absolute Gasteiger partial charge is 0.326 e. The maximum absolute atomic E-state index is 12.6. The van der Waals surface area contributed by atoms with Gasteiger partial charge in [0.1, 0.15) is 0 Å². The number of rotatable bonds is 3. The number of hydrogen-bond acceptors (Lipinski definition) is 3. The van der Waals surface area contributed by atoms with Crippen LogP contribution in [0.1, 0.15) is 26.7 Å². The molecule has 0 saturated carbocycles. The Labute approximate surface area is 124 Å². The highest BCUT2D eigenvalue weighted by Crippen LogP contribution is 2.33. The van der Waals surface area contributed by atoms with E-state index in [1.165, 1.54) is 0 Å². The number of carbonyl (C=O) groups excluding carboxylic acids is 1. The molecule has 0 bridgehead atoms. The van der Waals surface area contributed by atoms with E-state index in [-0.39, 0.29) is 11.3 Å². The zero-order valence-corrected chi connectivity index (χ0v) is 12.6. The van der Waals surface area contributed by atoms with Crippen LogP contribution in [-0.2, 0) is 4.79 Å². The normalized spacial score (nSPS) is 19.6. The zero-order chi connectivity index (χ0) is 14.9. The summed E-state index contributed by atoms with van der Waals surface area (Å²) in [6.45, 7) is 6.05. The minimum absolute atomic E-state index is 0.0788. The summed E-state index contributed by atoms with van der Waals surface area (Å²) >= 11 is 0. The molecule has 112 valence electrons. The molecule has 1 aromatic carbocycles. The van der Waals surface area contributed by atoms with Crippen molar-refractivity contribution in [3.8, 4) is 0 Å². The van der Waals surface area contributed by atoms with Gasteiger partial charge in [-0.2, -0.15) is 5.10 Å². The summed E-state index contributed by atoms with van der Waals surface area (Å²) in [5, 5.41) is 14.4. The number of piperidine rings is 1. The van der Waals surface area contributed by atoms with Crippen molar-refractivity contribution >= 4 is 22.5 Å². The van der Waals surface area contributed by atoms with Gasteiger partial charge in [0.15, 0.2) is 0 Å². The molecule has 1 atom stereocenters. The quantitative estimate of drug-likeness (QED) is 0.812. The minimum atomic E-state index is -0.379. The Hall–Kier alpha value is -1.88. The van der Waals surface area contributed by atoms with Crippen LogP contribution in [0.25, 0.3) is 10.9 Å². The third kappa shape index (κ3) is 2.78. The number of hydrogen-bond donors (Lipinski definition) is 3. The molecule has 3 N–H and O–H groups in total. The molecular weight excluding hydrogens is 264 g/mol. The van der Waals surface area contributed by atoms with Crippen LogP contribution in [0.4, 0.5) is 5.69 Å². The number of nitrogens with one attached hydrogen (secondary N) is 3. The van der Waals surface area contributed by atoms with Crippen molar-refractivity contribution in [2.75, 3.05) is 18.4 Å². The highest BCUT2D eigenvalue weighted by molar-refractivity contribution is 5.96. The molecule has 2 heterocycles. The minimum Gasteiger partial charge on any atom is -0.326 e. The first-order chi connectivity index (χ1) is 10.1. The summed E-state index contributed by atoms with van der Waals surface area (Å²) in [6.07, 6.45) is 4.02. The van der Waals surface area contributed by atoms with Gasteiger partial charge in [0.05, 0.1) is 11.7 Å². The van der Waals surface area contributed by atoms with Gasteiger partial charge in [-0.05, 0) is 50.0 Å². The van der Waals surface area contributed by atoms with Crippen molar-refractivity contribution in [1.82, 2.24) is 15.5 Å². The van der Waals surface area contributed by atoms with Crippen LogP contribution in [0.5, 0.6) is 0 Å². The molecule has 0 spiro atoms. The number of aromatic nitrogens is 2. The average Bonchev–Trinajstić information content (AvgIpc) is 2.95. The Bertz CT molecular complexity index is 641. The molecular formula is C16H22N4O. The van der Waals surface area contributed by atoms with Crippen molar-refractivity contribution in [3.05, 3.63) is 24.4 Å². The first kappa shape index (κ1) is 14.1. The van der Waals surface area contributed by atoms with Gasteiger partial charge in [-0.1, -0.05) is 13.8 Å². The second-order valence-electron chi connectivity index (χ2n) is 6.39. The van der Waals surface area contributed by atoms with Crippen molar-refractivity contribution in [2.45, 2.75) is 26.7 Å². The van der Waals surface area contributed by atoms with E-state index >= 15 is 0 Å². The number of benzene rings is 1. The second-order valence-corrected chi connectivity index (χ2v) is 6.39. The molecule has 5 heteroatoms. The smallest absolute Gasteiger partial charge is 0.230 e. The molecule has 1 unspecified atom stereocenters. The second kappa shape index (κ2) is 5.48. The lowest BCUT2D eigenvalue weighted by atomic mass is 9.74. The molecule has 1 fully saturated rings. The molecule has 0 radical (unpaired) electrons. The molecule has 3 rings (SSSR count). The molecule has 0 aliphatic carbocycles. The number of anilines is 1. The summed E-state index contributed by atoms with van der Waals surface area (Å²) in [5.74, 6) is 0.456. The third-order valence-corrected chi connectivity index (χ3v) is 4.60. The number of H-pyrrole nitrogens is 1. The molecule has 21 heavy (non-hydrogen) atoms. The standard InChI is InChI=1S/C16H22N4O/c1-16(2,12-4-3-7-17-10-12)15(21)19-13-6-5-11-9-18-20-14(11)8-13/h5-6,8-9,12,17H,3-4,7,10H2,1-2H3,(H,18,20)(H,19,21). The monoisotopic (exact) mass is 286 g/mol. The summed E-state index contributed by atoms with van der Waals surface area (Å²) in [4.78, 5) is 12.6. The number of carbonyl (C=O) groups is 1. The van der Waals surface area contributed by atoms with E-state index in [2.05, 4.69) is 20.8 Å². The lowest BCUT2D eigenvalue weighted by Crippen LogP contribution is -2.44. The number of amides is 1. The summed E-state index contributed by atoms with van der Waals surface area (Å²) in [5.41, 5.74) is 1.37. The molecule has 1 aromatic heterocycles. The molecule has 1 amide bonds. The number of fused-ring (bicyclic) bond motifs is 1. The van der Waals surface area contributed by atoms with Crippen molar-refractivity contribution in [2.24, 2.45) is 11.3 Å². The predicted octanol–water partition coefficient (Wildman–Crippen LogP) is 2.53. The zero-order valence-electron chi connectivity index (χ0n) is 12.6. The number of nitrogens with zero attached hydrogens (tertiary/aromatic N) is 1. The van der Waals surface area contributed by atoms with Gasteiger partial charge >= 0.3 is 0 Å². The Balaban J connectivity index is 1.74. The molecule has 5 nitrogen and oxygen atoms in total. The van der Waals surface area contributed by atoms with Gasteiger partial charge in [-0.3, -0.25) is 9.89 Å². The van der Waals surface area contributed by atoms with Crippen molar-refractivity contribution in [1.29, 1.82) is 0 Å². The fourth-order valence-corrected chi connectivity index (χ4v) is 2.96. The Morgan fingerprint density at radius 3 is 3.05 bits per heavy atom. The van der Waals surface area contributed by atoms with Crippen LogP contribution in [0, 0.1) is 11.3 Å². The summed E-state index contributed by atoms with van der Waals surface area (Å²) in [7, 11) is 0. The van der Waals surface area contributed by atoms with E-state index < -0.39 is 0 Å². The lowest BCUT2D eigenvalue weighted by Gasteiger charge is -2.36. The van der Waals surface area contributed by atoms with Crippen LogP contribution < -0.4 is 10.6 Å². The van der Waals surface area contributed by atoms with E-state index in [1.54, 1.807) is 6.20 Å². The maximum Gasteiger partial charge on any atom is 0.230 e. The van der Waals surface area contributed by atoms with Crippen LogP contribution in [-0.4, -0.2) is 29.2 Å². The first-order valence-electron chi connectivity index (χ1n) is 7.52. The predicted molar refractivity (Wildman–Crippen MR) is 84.1 cm³/mol. The van der Waals surface area contributed by atoms with E-state index in [1.807, 2.05) is 32.0 Å². The SMILES string of the molecule is CC(C)(C(=O)Nc1ccc2cn[nH]c2c1)C1CCCNC1.